The zero-order chi connectivity index (χ0) is 29.2. The molecule has 0 spiro atoms. The van der Waals surface area contributed by atoms with Crippen LogP contribution in [-0.4, -0.2) is 9.55 Å². The van der Waals surface area contributed by atoms with E-state index in [2.05, 4.69) is 151 Å². The van der Waals surface area contributed by atoms with E-state index in [4.69, 9.17) is 4.98 Å². The number of rotatable bonds is 4. The predicted octanol–water partition coefficient (Wildman–Crippen LogP) is 11.6. The first-order chi connectivity index (χ1) is 21.8. The first kappa shape index (κ1) is 25.3. The van der Waals surface area contributed by atoms with E-state index in [1.54, 1.807) is 0 Å². The van der Waals surface area contributed by atoms with Crippen LogP contribution < -0.4 is 0 Å². The van der Waals surface area contributed by atoms with Gasteiger partial charge >= 0.3 is 0 Å². The van der Waals surface area contributed by atoms with E-state index in [0.717, 1.165) is 29.0 Å². The molecule has 0 radical (unpaired) electrons. The molecular weight excluding hydrogens is 553 g/mol. The molecule has 2 aromatic heterocycles. The number of aryl methyl sites for hydroxylation is 1. The van der Waals surface area contributed by atoms with Gasteiger partial charge in [0.2, 0.25) is 0 Å². The van der Waals surface area contributed by atoms with Gasteiger partial charge in [0, 0.05) is 32.2 Å². The van der Waals surface area contributed by atoms with Crippen molar-refractivity contribution in [2.24, 2.45) is 0 Å². The highest BCUT2D eigenvalue weighted by atomic mass is 32.1. The smallest absolute Gasteiger partial charge is 0.114 e. The van der Waals surface area contributed by atoms with Crippen LogP contribution in [0.2, 0.25) is 0 Å². The van der Waals surface area contributed by atoms with Crippen molar-refractivity contribution < 1.29 is 0 Å². The van der Waals surface area contributed by atoms with Crippen molar-refractivity contribution in [3.63, 3.8) is 0 Å². The van der Waals surface area contributed by atoms with Gasteiger partial charge in [-0.25, -0.2) is 4.98 Å². The predicted molar refractivity (Wildman–Crippen MR) is 189 cm³/mol. The number of nitrogens with zero attached hydrogens (tertiary/aromatic N) is 2. The second kappa shape index (κ2) is 9.90. The number of hydrogen-bond acceptors (Lipinski definition) is 2. The van der Waals surface area contributed by atoms with Crippen LogP contribution >= 0.6 is 11.3 Å². The number of benzene rings is 7. The van der Waals surface area contributed by atoms with Gasteiger partial charge in [0.05, 0.1) is 16.7 Å². The lowest BCUT2D eigenvalue weighted by atomic mass is 9.85. The summed E-state index contributed by atoms with van der Waals surface area (Å²) in [6.45, 7) is 2.19. The van der Waals surface area contributed by atoms with Crippen LogP contribution in [0.3, 0.4) is 0 Å². The molecule has 0 unspecified atom stereocenters. The van der Waals surface area contributed by atoms with Crippen LogP contribution in [0.25, 0.3) is 80.7 Å². The van der Waals surface area contributed by atoms with Crippen LogP contribution in [0.4, 0.5) is 0 Å². The molecule has 0 aliphatic rings. The van der Waals surface area contributed by atoms with Gasteiger partial charge in [-0.2, -0.15) is 0 Å². The normalized spacial score (nSPS) is 11.8. The maximum atomic E-state index is 5.03. The fraction of sp³-hybridized carbons (Fsp3) is 0.0488. The number of fused-ring (bicyclic) bond motifs is 6. The summed E-state index contributed by atoms with van der Waals surface area (Å²) in [7, 11) is 0. The Labute approximate surface area is 259 Å². The maximum Gasteiger partial charge on any atom is 0.114 e. The SMILES string of the molecule is CCc1nc2ccccc2n1-c1ccccc1-c1c2ccccc2c(-c2ccc3sc4ccccc4c3c2)c2ccccc12. The quantitative estimate of drug-likeness (QED) is 0.189. The van der Waals surface area contributed by atoms with E-state index >= 15 is 0 Å². The van der Waals surface area contributed by atoms with Crippen molar-refractivity contribution in [2.75, 3.05) is 0 Å². The van der Waals surface area contributed by atoms with E-state index in [-0.39, 0.29) is 0 Å². The van der Waals surface area contributed by atoms with Crippen molar-refractivity contribution in [2.45, 2.75) is 13.3 Å². The Hall–Kier alpha value is -5.25. The van der Waals surface area contributed by atoms with Crippen LogP contribution in [0, 0.1) is 0 Å². The van der Waals surface area contributed by atoms with E-state index in [0.29, 0.717) is 0 Å². The first-order valence-electron chi connectivity index (χ1n) is 15.2. The summed E-state index contributed by atoms with van der Waals surface area (Å²) < 4.78 is 5.02. The fourth-order valence-corrected chi connectivity index (χ4v) is 8.16. The molecule has 0 aliphatic heterocycles. The fourth-order valence-electron chi connectivity index (χ4n) is 7.07. The van der Waals surface area contributed by atoms with Crippen LogP contribution in [0.15, 0.2) is 140 Å². The second-order valence-corrected chi connectivity index (χ2v) is 12.5. The summed E-state index contributed by atoms with van der Waals surface area (Å²) in [5, 5.41) is 7.69. The molecule has 2 heterocycles. The monoisotopic (exact) mass is 580 g/mol. The maximum absolute atomic E-state index is 5.03. The first-order valence-corrected chi connectivity index (χ1v) is 16.0. The standard InChI is InChI=1S/C41H28N2S/c1-2-39-42-34-19-9-11-21-36(34)43(39)35-20-10-7-18-32(35)41-30-16-5-3-14-28(30)40(29-15-4-6-17-31(29)41)26-23-24-38-33(25-26)27-13-8-12-22-37(27)44-38/h3-25H,2H2,1H3. The third-order valence-electron chi connectivity index (χ3n) is 8.96. The molecule has 0 saturated carbocycles. The summed E-state index contributed by atoms with van der Waals surface area (Å²) in [5.74, 6) is 1.07. The molecule has 7 aromatic carbocycles. The molecule has 9 rings (SSSR count). The Kier molecular flexibility index (Phi) is 5.69. The molecule has 208 valence electrons. The van der Waals surface area contributed by atoms with E-state index in [1.165, 1.54) is 64.0 Å². The molecule has 0 saturated heterocycles. The number of hydrogen-bond donors (Lipinski definition) is 0. The molecule has 9 aromatic rings. The van der Waals surface area contributed by atoms with Gasteiger partial charge < -0.3 is 0 Å². The number of aromatic nitrogens is 2. The molecular formula is C41H28N2S. The number of para-hydroxylation sites is 3. The summed E-state index contributed by atoms with van der Waals surface area (Å²) in [4.78, 5) is 5.03. The van der Waals surface area contributed by atoms with Gasteiger partial charge in [-0.3, -0.25) is 4.57 Å². The number of thiophene rings is 1. The lowest BCUT2D eigenvalue weighted by Crippen LogP contribution is -2.03. The van der Waals surface area contributed by atoms with Gasteiger partial charge in [-0.15, -0.1) is 11.3 Å². The van der Waals surface area contributed by atoms with Gasteiger partial charge in [0.1, 0.15) is 5.82 Å². The molecule has 0 fully saturated rings. The van der Waals surface area contributed by atoms with E-state index in [9.17, 15) is 0 Å². The van der Waals surface area contributed by atoms with Gasteiger partial charge in [0.25, 0.3) is 0 Å². The molecule has 44 heavy (non-hydrogen) atoms. The van der Waals surface area contributed by atoms with E-state index in [1.807, 2.05) is 11.3 Å². The van der Waals surface area contributed by atoms with Gasteiger partial charge in [0.15, 0.2) is 0 Å². The van der Waals surface area contributed by atoms with Crippen LogP contribution in [-0.2, 0) is 6.42 Å². The largest absolute Gasteiger partial charge is 0.296 e. The molecule has 0 aliphatic carbocycles. The highest BCUT2D eigenvalue weighted by Gasteiger charge is 2.21. The highest BCUT2D eigenvalue weighted by molar-refractivity contribution is 7.25. The third kappa shape index (κ3) is 3.69. The Morgan fingerprint density at radius 3 is 1.89 bits per heavy atom. The highest BCUT2D eigenvalue weighted by Crippen LogP contribution is 2.46. The summed E-state index contributed by atoms with van der Waals surface area (Å²) >= 11 is 1.87. The van der Waals surface area contributed by atoms with Crippen molar-refractivity contribution in [1.82, 2.24) is 9.55 Å². The second-order valence-electron chi connectivity index (χ2n) is 11.4. The molecule has 3 heteroatoms. The summed E-state index contributed by atoms with van der Waals surface area (Å²) in [5.41, 5.74) is 8.34. The molecule has 0 N–H and O–H groups in total. The molecule has 0 amide bonds. The van der Waals surface area contributed by atoms with E-state index < -0.39 is 0 Å². The van der Waals surface area contributed by atoms with Crippen molar-refractivity contribution in [3.05, 3.63) is 145 Å². The van der Waals surface area contributed by atoms with Crippen molar-refractivity contribution in [3.8, 4) is 27.9 Å². The van der Waals surface area contributed by atoms with Crippen molar-refractivity contribution in [1.29, 1.82) is 0 Å². The zero-order valence-electron chi connectivity index (χ0n) is 24.3. The van der Waals surface area contributed by atoms with Crippen LogP contribution in [0.5, 0.6) is 0 Å². The topological polar surface area (TPSA) is 17.8 Å². The lowest BCUT2D eigenvalue weighted by molar-refractivity contribution is 0.909. The minimum atomic E-state index is 0.850. The Morgan fingerprint density at radius 1 is 0.545 bits per heavy atom. The lowest BCUT2D eigenvalue weighted by Gasteiger charge is -2.20. The molecule has 0 bridgehead atoms. The van der Waals surface area contributed by atoms with Crippen LogP contribution in [0.1, 0.15) is 12.7 Å². The zero-order valence-corrected chi connectivity index (χ0v) is 25.1. The van der Waals surface area contributed by atoms with Gasteiger partial charge in [-0.05, 0) is 74.6 Å². The van der Waals surface area contributed by atoms with Gasteiger partial charge in [-0.1, -0.05) is 110 Å². The van der Waals surface area contributed by atoms with Crippen molar-refractivity contribution >= 4 is 64.1 Å². The average molecular weight is 581 g/mol. The Balaban J connectivity index is 1.38. The minimum absolute atomic E-state index is 0.850. The third-order valence-corrected chi connectivity index (χ3v) is 10.1. The minimum Gasteiger partial charge on any atom is -0.296 e. The number of imidazole rings is 1. The Morgan fingerprint density at radius 2 is 1.14 bits per heavy atom. The average Bonchev–Trinajstić information content (AvgIpc) is 3.65. The molecule has 2 nitrogen and oxygen atoms in total. The summed E-state index contributed by atoms with van der Waals surface area (Å²) in [6.07, 6.45) is 0.850. The Bertz CT molecular complexity index is 2490. The molecule has 0 atom stereocenters. The summed E-state index contributed by atoms with van der Waals surface area (Å²) in [6, 6.07) is 50.9.